The second-order valence-corrected chi connectivity index (χ2v) is 5.04. The number of likely N-dealkylation sites (tertiary alicyclic amines) is 1. The van der Waals surface area contributed by atoms with Gasteiger partial charge in [-0.05, 0) is 43.9 Å². The molecular weight excluding hydrogens is 290 g/mol. The van der Waals surface area contributed by atoms with Gasteiger partial charge in [0.1, 0.15) is 11.6 Å². The van der Waals surface area contributed by atoms with Gasteiger partial charge in [0.15, 0.2) is 0 Å². The first kappa shape index (κ1) is 16.0. The highest BCUT2D eigenvalue weighted by atomic mass is 19.1. The molecule has 1 aliphatic rings. The third kappa shape index (κ3) is 3.82. The number of rotatable bonds is 2. The highest BCUT2D eigenvalue weighted by Gasteiger charge is 2.24. The van der Waals surface area contributed by atoms with Gasteiger partial charge in [-0.1, -0.05) is 5.92 Å². The predicted molar refractivity (Wildman–Crippen MR) is 76.9 cm³/mol. The number of benzene rings is 1. The lowest BCUT2D eigenvalue weighted by molar-refractivity contribution is -0.126. The van der Waals surface area contributed by atoms with Crippen molar-refractivity contribution in [3.8, 4) is 11.8 Å². The van der Waals surface area contributed by atoms with Crippen molar-refractivity contribution >= 4 is 11.8 Å². The molecule has 0 bridgehead atoms. The minimum absolute atomic E-state index is 0.172. The predicted octanol–water partition coefficient (Wildman–Crippen LogP) is 1.71. The summed E-state index contributed by atoms with van der Waals surface area (Å²) < 4.78 is 26.6. The van der Waals surface area contributed by atoms with Gasteiger partial charge in [0, 0.05) is 19.1 Å². The molecule has 0 unspecified atom stereocenters. The van der Waals surface area contributed by atoms with Crippen LogP contribution in [0.3, 0.4) is 0 Å². The first-order chi connectivity index (χ1) is 10.5. The molecule has 1 fully saturated rings. The fourth-order valence-corrected chi connectivity index (χ4v) is 2.35. The Hall–Kier alpha value is -2.42. The molecule has 1 aromatic rings. The van der Waals surface area contributed by atoms with Crippen LogP contribution < -0.4 is 5.32 Å². The molecule has 22 heavy (non-hydrogen) atoms. The van der Waals surface area contributed by atoms with E-state index in [1.807, 2.05) is 0 Å². The topological polar surface area (TPSA) is 49.4 Å². The van der Waals surface area contributed by atoms with Gasteiger partial charge in [-0.15, -0.1) is 0 Å². The average molecular weight is 306 g/mol. The quantitative estimate of drug-likeness (QED) is 0.846. The summed E-state index contributed by atoms with van der Waals surface area (Å²) in [5, 5.41) is 2.68. The normalized spacial score (nSPS) is 15.0. The molecule has 1 aromatic carbocycles. The molecule has 6 heteroatoms. The van der Waals surface area contributed by atoms with Crippen molar-refractivity contribution in [2.45, 2.75) is 25.8 Å². The van der Waals surface area contributed by atoms with E-state index in [0.29, 0.717) is 25.9 Å². The molecule has 2 amide bonds. The van der Waals surface area contributed by atoms with Crippen molar-refractivity contribution in [2.24, 2.45) is 0 Å². The Labute approximate surface area is 127 Å². The van der Waals surface area contributed by atoms with Crippen LogP contribution in [0.4, 0.5) is 8.78 Å². The lowest BCUT2D eigenvalue weighted by atomic mass is 10.0. The van der Waals surface area contributed by atoms with Crippen LogP contribution in [-0.4, -0.2) is 35.8 Å². The Morgan fingerprint density at radius 2 is 1.95 bits per heavy atom. The van der Waals surface area contributed by atoms with Gasteiger partial charge in [-0.25, -0.2) is 8.78 Å². The second kappa shape index (κ2) is 7.03. The van der Waals surface area contributed by atoms with E-state index in [-0.39, 0.29) is 17.5 Å². The third-order valence-electron chi connectivity index (χ3n) is 3.52. The molecule has 0 saturated carbocycles. The minimum Gasteiger partial charge on any atom is -0.349 e. The fraction of sp³-hybridized carbons (Fsp3) is 0.375. The Kier molecular flexibility index (Phi) is 5.10. The van der Waals surface area contributed by atoms with Crippen LogP contribution in [0.1, 0.15) is 30.1 Å². The second-order valence-electron chi connectivity index (χ2n) is 5.04. The average Bonchev–Trinajstić information content (AvgIpc) is 2.50. The Morgan fingerprint density at radius 1 is 1.27 bits per heavy atom. The Balaban J connectivity index is 1.93. The van der Waals surface area contributed by atoms with Crippen LogP contribution in [0.25, 0.3) is 0 Å². The van der Waals surface area contributed by atoms with Gasteiger partial charge >= 0.3 is 0 Å². The zero-order valence-corrected chi connectivity index (χ0v) is 12.2. The molecule has 0 aromatic heterocycles. The van der Waals surface area contributed by atoms with E-state index in [9.17, 15) is 18.4 Å². The van der Waals surface area contributed by atoms with Crippen molar-refractivity contribution in [3.63, 3.8) is 0 Å². The molecule has 0 spiro atoms. The molecule has 0 atom stereocenters. The highest BCUT2D eigenvalue weighted by molar-refractivity contribution is 5.95. The van der Waals surface area contributed by atoms with Gasteiger partial charge < -0.3 is 10.2 Å². The highest BCUT2D eigenvalue weighted by Crippen LogP contribution is 2.13. The summed E-state index contributed by atoms with van der Waals surface area (Å²) in [7, 11) is 0. The Bertz CT molecular complexity index is 641. The lowest BCUT2D eigenvalue weighted by Gasteiger charge is -2.31. The summed E-state index contributed by atoms with van der Waals surface area (Å²) in [4.78, 5) is 25.2. The maximum atomic E-state index is 13.5. The monoisotopic (exact) mass is 306 g/mol. The Morgan fingerprint density at radius 3 is 2.59 bits per heavy atom. The number of piperidine rings is 1. The molecular formula is C16H16F2N2O2. The molecule has 2 rings (SSSR count). The zero-order chi connectivity index (χ0) is 16.1. The first-order valence-electron chi connectivity index (χ1n) is 6.99. The van der Waals surface area contributed by atoms with Gasteiger partial charge in [0.05, 0.1) is 5.56 Å². The molecule has 1 heterocycles. The number of carbonyl (C=O) groups is 2. The van der Waals surface area contributed by atoms with Crippen LogP contribution in [0.2, 0.25) is 0 Å². The van der Waals surface area contributed by atoms with E-state index in [2.05, 4.69) is 17.2 Å². The van der Waals surface area contributed by atoms with E-state index in [0.717, 1.165) is 18.2 Å². The van der Waals surface area contributed by atoms with Crippen molar-refractivity contribution in [2.75, 3.05) is 13.1 Å². The summed E-state index contributed by atoms with van der Waals surface area (Å²) in [6.07, 6.45) is 1.11. The van der Waals surface area contributed by atoms with Crippen LogP contribution in [0.5, 0.6) is 0 Å². The van der Waals surface area contributed by atoms with E-state index >= 15 is 0 Å². The van der Waals surface area contributed by atoms with Crippen LogP contribution in [0, 0.1) is 23.5 Å². The van der Waals surface area contributed by atoms with Gasteiger partial charge in [0.25, 0.3) is 11.8 Å². The molecule has 1 saturated heterocycles. The number of halogens is 2. The number of carbonyl (C=O) groups excluding carboxylic acids is 2. The van der Waals surface area contributed by atoms with Crippen molar-refractivity contribution < 1.29 is 18.4 Å². The molecule has 116 valence electrons. The van der Waals surface area contributed by atoms with Gasteiger partial charge in [0.2, 0.25) is 0 Å². The summed E-state index contributed by atoms with van der Waals surface area (Å²) in [5.41, 5.74) is -0.310. The lowest BCUT2D eigenvalue weighted by Crippen LogP contribution is -2.46. The van der Waals surface area contributed by atoms with Crippen LogP contribution >= 0.6 is 0 Å². The summed E-state index contributed by atoms with van der Waals surface area (Å²) >= 11 is 0. The van der Waals surface area contributed by atoms with Gasteiger partial charge in [-0.3, -0.25) is 9.59 Å². The van der Waals surface area contributed by atoms with Crippen molar-refractivity contribution in [1.82, 2.24) is 10.2 Å². The summed E-state index contributed by atoms with van der Waals surface area (Å²) in [5.74, 6) is 2.72. The maximum absolute atomic E-state index is 13.5. The standard InChI is InChI=1S/C16H16F2N2O2/c1-2-3-15(21)20-8-6-12(7-9-20)19-16(22)13-10-11(17)4-5-14(13)18/h4-5,10,12H,6-9H2,1H3,(H,19,22). The van der Waals surface area contributed by atoms with Gasteiger partial charge in [-0.2, -0.15) is 0 Å². The molecule has 4 nitrogen and oxygen atoms in total. The number of nitrogens with one attached hydrogen (secondary N) is 1. The van der Waals surface area contributed by atoms with E-state index in [4.69, 9.17) is 0 Å². The maximum Gasteiger partial charge on any atom is 0.298 e. The number of hydrogen-bond donors (Lipinski definition) is 1. The van der Waals surface area contributed by atoms with Crippen molar-refractivity contribution in [1.29, 1.82) is 0 Å². The van der Waals surface area contributed by atoms with E-state index in [1.165, 1.54) is 0 Å². The first-order valence-corrected chi connectivity index (χ1v) is 6.99. The molecule has 1 aliphatic heterocycles. The number of amides is 2. The minimum atomic E-state index is -0.760. The van der Waals surface area contributed by atoms with E-state index in [1.54, 1.807) is 11.8 Å². The summed E-state index contributed by atoms with van der Waals surface area (Å²) in [6.45, 7) is 2.55. The molecule has 0 radical (unpaired) electrons. The number of nitrogens with zero attached hydrogens (tertiary/aromatic N) is 1. The summed E-state index contributed by atoms with van der Waals surface area (Å²) in [6, 6.07) is 2.59. The number of hydrogen-bond acceptors (Lipinski definition) is 2. The van der Waals surface area contributed by atoms with E-state index < -0.39 is 17.5 Å². The molecule has 0 aliphatic carbocycles. The van der Waals surface area contributed by atoms with Crippen molar-refractivity contribution in [3.05, 3.63) is 35.4 Å². The SMILES string of the molecule is CC#CC(=O)N1CCC(NC(=O)c2cc(F)ccc2F)CC1. The zero-order valence-electron chi connectivity index (χ0n) is 12.2. The van der Waals surface area contributed by atoms with Crippen LogP contribution in [0.15, 0.2) is 18.2 Å². The smallest absolute Gasteiger partial charge is 0.298 e. The van der Waals surface area contributed by atoms with Crippen LogP contribution in [-0.2, 0) is 4.79 Å². The largest absolute Gasteiger partial charge is 0.349 e. The fourth-order valence-electron chi connectivity index (χ4n) is 2.35. The molecule has 1 N–H and O–H groups in total. The third-order valence-corrected chi connectivity index (χ3v) is 3.52.